The second-order valence-electron chi connectivity index (χ2n) is 6.95. The van der Waals surface area contributed by atoms with Crippen LogP contribution in [0.15, 0.2) is 67.5 Å². The van der Waals surface area contributed by atoms with Crippen LogP contribution in [0.2, 0.25) is 0 Å². The summed E-state index contributed by atoms with van der Waals surface area (Å²) in [5.74, 6) is 1.93. The summed E-state index contributed by atoms with van der Waals surface area (Å²) in [5, 5.41) is 0. The molecule has 0 aliphatic carbocycles. The summed E-state index contributed by atoms with van der Waals surface area (Å²) in [6, 6.07) is 10.4. The highest BCUT2D eigenvalue weighted by molar-refractivity contribution is 5.41. The molecule has 1 saturated heterocycles. The lowest BCUT2D eigenvalue weighted by molar-refractivity contribution is 0.240. The Morgan fingerprint density at radius 1 is 0.893 bits per heavy atom. The Balaban J connectivity index is 1.46. The van der Waals surface area contributed by atoms with Gasteiger partial charge in [0.1, 0.15) is 11.6 Å². The molecule has 1 aliphatic heterocycles. The van der Waals surface area contributed by atoms with E-state index < -0.39 is 0 Å². The zero-order valence-corrected chi connectivity index (χ0v) is 16.1. The summed E-state index contributed by atoms with van der Waals surface area (Å²) in [6.45, 7) is 4.83. The molecule has 4 heterocycles. The van der Waals surface area contributed by atoms with Gasteiger partial charge in [-0.1, -0.05) is 6.07 Å². The molecule has 144 valence electrons. The van der Waals surface area contributed by atoms with Gasteiger partial charge < -0.3 is 9.80 Å². The second kappa shape index (κ2) is 8.75. The maximum atomic E-state index is 4.54. The number of rotatable bonds is 6. The number of nitrogens with zero attached hydrogens (tertiary/aromatic N) is 7. The van der Waals surface area contributed by atoms with E-state index in [0.29, 0.717) is 0 Å². The predicted molar refractivity (Wildman–Crippen MR) is 110 cm³/mol. The highest BCUT2D eigenvalue weighted by Crippen LogP contribution is 2.25. The maximum absolute atomic E-state index is 4.54. The Labute approximate surface area is 165 Å². The third-order valence-corrected chi connectivity index (χ3v) is 5.25. The molecular formula is C21H25N7. The van der Waals surface area contributed by atoms with E-state index in [9.17, 15) is 0 Å². The number of likely N-dealkylation sites (N-methyl/N-ethyl adjacent to an activating group) is 1. The van der Waals surface area contributed by atoms with Crippen LogP contribution in [0.4, 0.5) is 11.6 Å². The number of pyridine rings is 2. The lowest BCUT2D eigenvalue weighted by Gasteiger charge is -2.39. The van der Waals surface area contributed by atoms with Crippen molar-refractivity contribution in [1.82, 2.24) is 24.8 Å². The van der Waals surface area contributed by atoms with Crippen molar-refractivity contribution in [3.05, 3.63) is 73.1 Å². The van der Waals surface area contributed by atoms with E-state index >= 15 is 0 Å². The Kier molecular flexibility index (Phi) is 5.72. The van der Waals surface area contributed by atoms with E-state index in [1.165, 1.54) is 5.56 Å². The van der Waals surface area contributed by atoms with Crippen molar-refractivity contribution in [2.75, 3.05) is 49.6 Å². The van der Waals surface area contributed by atoms with E-state index in [1.807, 2.05) is 36.9 Å². The lowest BCUT2D eigenvalue weighted by Crippen LogP contribution is -2.49. The monoisotopic (exact) mass is 375 g/mol. The van der Waals surface area contributed by atoms with E-state index in [0.717, 1.165) is 44.4 Å². The standard InChI is InChI=1S/C21H25N7/c1-26(20-4-2-3-7-24-20)19(18-5-8-22-9-6-18)17-27-12-14-28(15-13-27)21-16-23-10-11-25-21/h2-11,16,19H,12-15,17H2,1H3. The first-order valence-electron chi connectivity index (χ1n) is 9.58. The smallest absolute Gasteiger partial charge is 0.147 e. The van der Waals surface area contributed by atoms with Gasteiger partial charge in [-0.25, -0.2) is 9.97 Å². The van der Waals surface area contributed by atoms with Gasteiger partial charge in [-0.2, -0.15) is 0 Å². The molecule has 1 atom stereocenters. The molecule has 0 bridgehead atoms. The Bertz CT molecular complexity index is 836. The topological polar surface area (TPSA) is 61.3 Å². The minimum absolute atomic E-state index is 0.209. The van der Waals surface area contributed by atoms with Crippen molar-refractivity contribution < 1.29 is 0 Å². The summed E-state index contributed by atoms with van der Waals surface area (Å²) in [4.78, 5) is 24.4. The highest BCUT2D eigenvalue weighted by atomic mass is 15.3. The quantitative estimate of drug-likeness (QED) is 0.655. The molecule has 7 heteroatoms. The summed E-state index contributed by atoms with van der Waals surface area (Å²) < 4.78 is 0. The van der Waals surface area contributed by atoms with Crippen molar-refractivity contribution in [3.8, 4) is 0 Å². The Hall–Kier alpha value is -3.06. The van der Waals surface area contributed by atoms with Crippen LogP contribution in [-0.4, -0.2) is 64.6 Å². The molecule has 3 aromatic rings. The highest BCUT2D eigenvalue weighted by Gasteiger charge is 2.25. The minimum Gasteiger partial charge on any atom is -0.353 e. The van der Waals surface area contributed by atoms with Crippen LogP contribution in [0.3, 0.4) is 0 Å². The van der Waals surface area contributed by atoms with Crippen LogP contribution in [0, 0.1) is 0 Å². The van der Waals surface area contributed by atoms with Crippen molar-refractivity contribution >= 4 is 11.6 Å². The summed E-state index contributed by atoms with van der Waals surface area (Å²) >= 11 is 0. The van der Waals surface area contributed by atoms with E-state index in [-0.39, 0.29) is 6.04 Å². The summed E-state index contributed by atoms with van der Waals surface area (Å²) in [6.07, 6.45) is 10.9. The van der Waals surface area contributed by atoms with Gasteiger partial charge in [0, 0.05) is 70.8 Å². The third kappa shape index (κ3) is 4.26. The van der Waals surface area contributed by atoms with E-state index in [4.69, 9.17) is 0 Å². The minimum atomic E-state index is 0.209. The fourth-order valence-electron chi connectivity index (χ4n) is 3.62. The van der Waals surface area contributed by atoms with Crippen molar-refractivity contribution in [2.24, 2.45) is 0 Å². The van der Waals surface area contributed by atoms with Crippen molar-refractivity contribution in [2.45, 2.75) is 6.04 Å². The molecule has 3 aromatic heterocycles. The van der Waals surface area contributed by atoms with Gasteiger partial charge in [-0.15, -0.1) is 0 Å². The van der Waals surface area contributed by atoms with Gasteiger partial charge >= 0.3 is 0 Å². The summed E-state index contributed by atoms with van der Waals surface area (Å²) in [5.41, 5.74) is 1.25. The lowest BCUT2D eigenvalue weighted by atomic mass is 10.1. The summed E-state index contributed by atoms with van der Waals surface area (Å²) in [7, 11) is 2.11. The molecule has 1 fully saturated rings. The maximum Gasteiger partial charge on any atom is 0.147 e. The molecule has 0 saturated carbocycles. The number of hydrogen-bond acceptors (Lipinski definition) is 7. The zero-order valence-electron chi connectivity index (χ0n) is 16.1. The zero-order chi connectivity index (χ0) is 19.2. The van der Waals surface area contributed by atoms with E-state index in [2.05, 4.69) is 59.9 Å². The molecular weight excluding hydrogens is 350 g/mol. The Morgan fingerprint density at radius 3 is 2.39 bits per heavy atom. The largest absolute Gasteiger partial charge is 0.353 e. The molecule has 28 heavy (non-hydrogen) atoms. The molecule has 0 amide bonds. The molecule has 1 aliphatic rings. The number of hydrogen-bond donors (Lipinski definition) is 0. The normalized spacial score (nSPS) is 16.0. The SMILES string of the molecule is CN(c1ccccn1)C(CN1CCN(c2cnccn2)CC1)c1ccncc1. The van der Waals surface area contributed by atoms with Gasteiger partial charge in [0.25, 0.3) is 0 Å². The van der Waals surface area contributed by atoms with Crippen LogP contribution in [0.25, 0.3) is 0 Å². The van der Waals surface area contributed by atoms with Gasteiger partial charge in [0.2, 0.25) is 0 Å². The molecule has 0 N–H and O–H groups in total. The molecule has 1 unspecified atom stereocenters. The van der Waals surface area contributed by atoms with Crippen LogP contribution >= 0.6 is 0 Å². The van der Waals surface area contributed by atoms with Crippen molar-refractivity contribution in [1.29, 1.82) is 0 Å². The average Bonchev–Trinajstić information content (AvgIpc) is 2.79. The number of anilines is 2. The van der Waals surface area contributed by atoms with Crippen LogP contribution < -0.4 is 9.80 Å². The second-order valence-corrected chi connectivity index (χ2v) is 6.95. The van der Waals surface area contributed by atoms with Gasteiger partial charge in [0.05, 0.1) is 12.2 Å². The van der Waals surface area contributed by atoms with Crippen LogP contribution in [-0.2, 0) is 0 Å². The molecule has 0 radical (unpaired) electrons. The van der Waals surface area contributed by atoms with Crippen LogP contribution in [0.1, 0.15) is 11.6 Å². The van der Waals surface area contributed by atoms with Crippen molar-refractivity contribution in [3.63, 3.8) is 0 Å². The first-order chi connectivity index (χ1) is 13.8. The average molecular weight is 375 g/mol. The fraction of sp³-hybridized carbons (Fsp3) is 0.333. The van der Waals surface area contributed by atoms with Gasteiger partial charge in [0.15, 0.2) is 0 Å². The molecule has 0 aromatic carbocycles. The number of aromatic nitrogens is 4. The van der Waals surface area contributed by atoms with Gasteiger partial charge in [-0.05, 0) is 29.8 Å². The van der Waals surface area contributed by atoms with Crippen LogP contribution in [0.5, 0.6) is 0 Å². The third-order valence-electron chi connectivity index (χ3n) is 5.25. The first kappa shape index (κ1) is 18.3. The van der Waals surface area contributed by atoms with E-state index in [1.54, 1.807) is 12.4 Å². The van der Waals surface area contributed by atoms with Gasteiger partial charge in [-0.3, -0.25) is 14.9 Å². The fourth-order valence-corrected chi connectivity index (χ4v) is 3.62. The molecule has 7 nitrogen and oxygen atoms in total. The first-order valence-corrected chi connectivity index (χ1v) is 9.58. The molecule has 4 rings (SSSR count). The Morgan fingerprint density at radius 2 is 1.71 bits per heavy atom. The number of piperazine rings is 1. The predicted octanol–water partition coefficient (Wildman–Crippen LogP) is 2.27. The molecule has 0 spiro atoms.